The molecule has 0 radical (unpaired) electrons. The quantitative estimate of drug-likeness (QED) is 0.786. The molecule has 0 saturated heterocycles. The summed E-state index contributed by atoms with van der Waals surface area (Å²) < 4.78 is 7.97. The first-order chi connectivity index (χ1) is 10.0. The summed E-state index contributed by atoms with van der Waals surface area (Å²) in [5.74, 6) is 0.844. The minimum Gasteiger partial charge on any atom is -0.496 e. The lowest BCUT2D eigenvalue weighted by Crippen LogP contribution is -3.07. The standard InChI is InChI=1S/C13H17ClN4OS2/c1-15-12-16-18(13(20)21-12)8-17(2)7-9-6-10(14)4-5-11(9)19-3/h4-6H,7-8H2,1-3H3,(H,15,16)/p+1. The Bertz CT molecular complexity index is 670. The fourth-order valence-corrected chi connectivity index (χ4v) is 3.18. The molecule has 0 bridgehead atoms. The van der Waals surface area contributed by atoms with Crippen LogP contribution in [0.25, 0.3) is 0 Å². The van der Waals surface area contributed by atoms with E-state index in [1.807, 2.05) is 29.9 Å². The number of nitrogens with zero attached hydrogens (tertiary/aromatic N) is 2. The van der Waals surface area contributed by atoms with Crippen molar-refractivity contribution in [1.82, 2.24) is 9.78 Å². The van der Waals surface area contributed by atoms with Crippen LogP contribution in [0.2, 0.25) is 5.02 Å². The number of hydrogen-bond donors (Lipinski definition) is 2. The van der Waals surface area contributed by atoms with Gasteiger partial charge in [0.25, 0.3) is 0 Å². The maximum Gasteiger partial charge on any atom is 0.204 e. The zero-order valence-electron chi connectivity index (χ0n) is 12.1. The van der Waals surface area contributed by atoms with Crippen LogP contribution in [-0.2, 0) is 13.2 Å². The van der Waals surface area contributed by atoms with Gasteiger partial charge in [0.1, 0.15) is 12.3 Å². The van der Waals surface area contributed by atoms with Gasteiger partial charge in [-0.05, 0) is 30.4 Å². The van der Waals surface area contributed by atoms with E-state index in [-0.39, 0.29) is 0 Å². The number of hydrogen-bond acceptors (Lipinski definition) is 5. The fraction of sp³-hybridized carbons (Fsp3) is 0.385. The second-order valence-corrected chi connectivity index (χ2v) is 6.73. The molecule has 5 nitrogen and oxygen atoms in total. The average molecular weight is 346 g/mol. The molecule has 1 unspecified atom stereocenters. The van der Waals surface area contributed by atoms with Crippen LogP contribution in [0.1, 0.15) is 5.56 Å². The Labute approximate surface area is 138 Å². The van der Waals surface area contributed by atoms with Gasteiger partial charge in [0, 0.05) is 17.6 Å². The van der Waals surface area contributed by atoms with Crippen molar-refractivity contribution < 1.29 is 9.64 Å². The molecule has 0 spiro atoms. The number of rotatable bonds is 6. The average Bonchev–Trinajstić information content (AvgIpc) is 2.79. The molecular formula is C13H18ClN4OS2+. The van der Waals surface area contributed by atoms with E-state index >= 15 is 0 Å². The third kappa shape index (κ3) is 4.16. The van der Waals surface area contributed by atoms with Crippen LogP contribution in [0.5, 0.6) is 5.75 Å². The van der Waals surface area contributed by atoms with Crippen LogP contribution >= 0.6 is 35.2 Å². The first-order valence-corrected chi connectivity index (χ1v) is 8.03. The van der Waals surface area contributed by atoms with E-state index in [0.717, 1.165) is 26.9 Å². The van der Waals surface area contributed by atoms with E-state index in [9.17, 15) is 0 Å². The highest BCUT2D eigenvalue weighted by molar-refractivity contribution is 7.73. The van der Waals surface area contributed by atoms with Crippen molar-refractivity contribution in [3.63, 3.8) is 0 Å². The molecule has 2 aromatic rings. The maximum atomic E-state index is 6.06. The van der Waals surface area contributed by atoms with Gasteiger partial charge in [0.05, 0.1) is 14.2 Å². The van der Waals surface area contributed by atoms with Crippen molar-refractivity contribution in [2.75, 3.05) is 26.5 Å². The molecule has 0 aliphatic carbocycles. The summed E-state index contributed by atoms with van der Waals surface area (Å²) >= 11 is 12.8. The molecular weight excluding hydrogens is 328 g/mol. The maximum absolute atomic E-state index is 6.06. The minimum atomic E-state index is 0.687. The second-order valence-electron chi connectivity index (χ2n) is 4.67. The van der Waals surface area contributed by atoms with Crippen LogP contribution < -0.4 is 15.0 Å². The molecule has 0 fully saturated rings. The van der Waals surface area contributed by atoms with E-state index in [2.05, 4.69) is 17.5 Å². The van der Waals surface area contributed by atoms with Gasteiger partial charge in [-0.25, -0.2) is 0 Å². The van der Waals surface area contributed by atoms with E-state index < -0.39 is 0 Å². The van der Waals surface area contributed by atoms with Crippen LogP contribution in [0.15, 0.2) is 18.2 Å². The number of aromatic nitrogens is 2. The number of anilines is 1. The molecule has 2 rings (SSSR count). The summed E-state index contributed by atoms with van der Waals surface area (Å²) in [7, 11) is 5.59. The van der Waals surface area contributed by atoms with E-state index in [0.29, 0.717) is 11.7 Å². The molecule has 2 N–H and O–H groups in total. The topological polar surface area (TPSA) is 43.5 Å². The van der Waals surface area contributed by atoms with Crippen molar-refractivity contribution in [1.29, 1.82) is 0 Å². The predicted octanol–water partition coefficient (Wildman–Crippen LogP) is 2.05. The number of nitrogens with one attached hydrogen (secondary N) is 2. The summed E-state index contributed by atoms with van der Waals surface area (Å²) in [4.78, 5) is 1.24. The van der Waals surface area contributed by atoms with Gasteiger partial charge in [-0.2, -0.15) is 4.68 Å². The Hall–Kier alpha value is -1.15. The van der Waals surface area contributed by atoms with Gasteiger partial charge in [-0.3, -0.25) is 0 Å². The van der Waals surface area contributed by atoms with Crippen molar-refractivity contribution in [3.05, 3.63) is 32.7 Å². The Kier molecular flexibility index (Phi) is 5.58. The molecule has 0 aliphatic heterocycles. The number of methoxy groups -OCH3 is 1. The molecule has 21 heavy (non-hydrogen) atoms. The Balaban J connectivity index is 2.11. The lowest BCUT2D eigenvalue weighted by molar-refractivity contribution is -0.917. The first-order valence-electron chi connectivity index (χ1n) is 6.43. The fourth-order valence-electron chi connectivity index (χ4n) is 2.03. The SMILES string of the molecule is CNc1nn(C[NH+](C)Cc2cc(Cl)ccc2OC)c(=S)s1. The largest absolute Gasteiger partial charge is 0.496 e. The Morgan fingerprint density at radius 1 is 1.52 bits per heavy atom. The molecule has 114 valence electrons. The van der Waals surface area contributed by atoms with Crippen molar-refractivity contribution in [3.8, 4) is 5.75 Å². The third-order valence-corrected chi connectivity index (χ3v) is 4.53. The Morgan fingerprint density at radius 3 is 2.90 bits per heavy atom. The van der Waals surface area contributed by atoms with Crippen LogP contribution in [0, 0.1) is 3.95 Å². The van der Waals surface area contributed by atoms with E-state index in [4.69, 9.17) is 28.6 Å². The summed E-state index contributed by atoms with van der Waals surface area (Å²) in [6.45, 7) is 1.46. The van der Waals surface area contributed by atoms with Gasteiger partial charge >= 0.3 is 0 Å². The Morgan fingerprint density at radius 2 is 2.29 bits per heavy atom. The normalized spacial score (nSPS) is 12.2. The molecule has 1 aromatic heterocycles. The van der Waals surface area contributed by atoms with Crippen LogP contribution in [0.4, 0.5) is 5.13 Å². The smallest absolute Gasteiger partial charge is 0.204 e. The first kappa shape index (κ1) is 16.2. The summed E-state index contributed by atoms with van der Waals surface area (Å²) in [6.07, 6.45) is 0. The summed E-state index contributed by atoms with van der Waals surface area (Å²) in [6, 6.07) is 5.65. The minimum absolute atomic E-state index is 0.687. The second kappa shape index (κ2) is 7.22. The molecule has 8 heteroatoms. The summed E-state index contributed by atoms with van der Waals surface area (Å²) in [5, 5.41) is 8.96. The van der Waals surface area contributed by atoms with Crippen molar-refractivity contribution in [2.45, 2.75) is 13.2 Å². The van der Waals surface area contributed by atoms with Gasteiger partial charge < -0.3 is 15.0 Å². The van der Waals surface area contributed by atoms with Gasteiger partial charge in [0.2, 0.25) is 5.13 Å². The molecule has 1 atom stereocenters. The highest BCUT2D eigenvalue weighted by Gasteiger charge is 2.12. The van der Waals surface area contributed by atoms with Crippen molar-refractivity contribution in [2.24, 2.45) is 0 Å². The van der Waals surface area contributed by atoms with Gasteiger partial charge in [-0.1, -0.05) is 22.9 Å². The molecule has 0 amide bonds. The molecule has 0 aliphatic rings. The lowest BCUT2D eigenvalue weighted by atomic mass is 10.2. The van der Waals surface area contributed by atoms with Gasteiger partial charge in [-0.15, -0.1) is 5.10 Å². The molecule has 0 saturated carbocycles. The molecule has 1 heterocycles. The number of benzene rings is 1. The van der Waals surface area contributed by atoms with Gasteiger partial charge in [0.15, 0.2) is 10.6 Å². The van der Waals surface area contributed by atoms with Crippen LogP contribution in [0.3, 0.4) is 0 Å². The number of ether oxygens (including phenoxy) is 1. The summed E-state index contributed by atoms with van der Waals surface area (Å²) in [5.41, 5.74) is 1.07. The van der Waals surface area contributed by atoms with Crippen LogP contribution in [-0.4, -0.2) is 31.0 Å². The monoisotopic (exact) mass is 345 g/mol. The van der Waals surface area contributed by atoms with Crippen molar-refractivity contribution >= 4 is 40.3 Å². The third-order valence-electron chi connectivity index (χ3n) is 2.97. The van der Waals surface area contributed by atoms with E-state index in [1.165, 1.54) is 16.2 Å². The zero-order chi connectivity index (χ0) is 15.4. The highest BCUT2D eigenvalue weighted by atomic mass is 35.5. The zero-order valence-corrected chi connectivity index (χ0v) is 14.5. The van der Waals surface area contributed by atoms with E-state index in [1.54, 1.807) is 7.11 Å². The number of halogens is 1. The number of quaternary nitrogens is 1. The predicted molar refractivity (Wildman–Crippen MR) is 89.1 cm³/mol. The lowest BCUT2D eigenvalue weighted by Gasteiger charge is -2.16. The highest BCUT2D eigenvalue weighted by Crippen LogP contribution is 2.21. The molecule has 1 aromatic carbocycles.